The van der Waals surface area contributed by atoms with Gasteiger partial charge in [-0.25, -0.2) is 4.79 Å². The summed E-state index contributed by atoms with van der Waals surface area (Å²) in [5, 5.41) is 0. The van der Waals surface area contributed by atoms with E-state index in [2.05, 4.69) is 113 Å². The van der Waals surface area contributed by atoms with E-state index >= 15 is 0 Å². The first kappa shape index (κ1) is 37.9. The van der Waals surface area contributed by atoms with E-state index in [4.69, 9.17) is 9.47 Å². The predicted molar refractivity (Wildman–Crippen MR) is 217 cm³/mol. The summed E-state index contributed by atoms with van der Waals surface area (Å²) in [6, 6.07) is 16.2. The summed E-state index contributed by atoms with van der Waals surface area (Å²) in [5.41, 5.74) is 24.1. The molecule has 4 aromatic carbocycles. The highest BCUT2D eigenvalue weighted by Crippen LogP contribution is 2.61. The summed E-state index contributed by atoms with van der Waals surface area (Å²) < 4.78 is 10.4. The molecule has 0 aromatic heterocycles. The van der Waals surface area contributed by atoms with Crippen molar-refractivity contribution in [1.29, 1.82) is 0 Å². The maximum absolute atomic E-state index is 11.8. The molecule has 2 unspecified atom stereocenters. The Kier molecular flexibility index (Phi) is 10.9. The van der Waals surface area contributed by atoms with Crippen LogP contribution in [0, 0.1) is 48.5 Å². The number of hydrogen-bond donors (Lipinski definition) is 0. The molecule has 0 spiro atoms. The molecule has 4 aromatic rings. The number of rotatable bonds is 6. The highest BCUT2D eigenvalue weighted by molar-refractivity contribution is 6.13. The van der Waals surface area contributed by atoms with E-state index in [1.54, 1.807) is 34.4 Å². The summed E-state index contributed by atoms with van der Waals surface area (Å²) in [7, 11) is 0. The van der Waals surface area contributed by atoms with Crippen LogP contribution in [0.25, 0.3) is 33.4 Å². The molecule has 0 aliphatic heterocycles. The highest BCUT2D eigenvalue weighted by Gasteiger charge is 2.38. The van der Waals surface area contributed by atoms with Gasteiger partial charge in [0.25, 0.3) is 0 Å². The van der Waals surface area contributed by atoms with Crippen LogP contribution in [0.4, 0.5) is 4.79 Å². The van der Waals surface area contributed by atoms with Crippen molar-refractivity contribution in [3.05, 3.63) is 122 Å². The van der Waals surface area contributed by atoms with E-state index in [-0.39, 0.29) is 0 Å². The number of benzene rings is 4. The quantitative estimate of drug-likeness (QED) is 0.132. The minimum Gasteiger partial charge on any atom is -0.428 e. The smallest absolute Gasteiger partial charge is 0.428 e. The molecule has 2 aliphatic rings. The van der Waals surface area contributed by atoms with Crippen LogP contribution in [0.5, 0.6) is 5.75 Å². The van der Waals surface area contributed by atoms with Gasteiger partial charge in [0.15, 0.2) is 0 Å². The molecule has 2 atom stereocenters. The standard InChI is InChI=1S/C24H30O3.C24H28/c1-7-19(16-18(3)20-10-8-17(2)9-11-20)21-12-14-22(15-13-21)26-23(25)27-24(4,5)6;1-9-18-10-11(2)19-14(5)12(3)16(7)21-22-17(8)13(4)15(6)20(18)24(22)23(19)21/h8-16,18H,7H2,1-6H3;10,18H,9H2,1-8H3. The maximum Gasteiger partial charge on any atom is 0.514 e. The number of hydrogen-bond acceptors (Lipinski definition) is 3. The molecular formula is C48H58O3. The third-order valence-electron chi connectivity index (χ3n) is 11.2. The molecule has 0 amide bonds. The van der Waals surface area contributed by atoms with Gasteiger partial charge in [0.1, 0.15) is 11.4 Å². The van der Waals surface area contributed by atoms with Crippen molar-refractivity contribution in [2.45, 2.75) is 127 Å². The van der Waals surface area contributed by atoms with Gasteiger partial charge in [-0.3, -0.25) is 0 Å². The summed E-state index contributed by atoms with van der Waals surface area (Å²) in [6.45, 7) is 30.4. The lowest BCUT2D eigenvalue weighted by molar-refractivity contribution is 0.0206. The molecule has 0 heterocycles. The number of ether oxygens (including phenoxy) is 2. The number of allylic oxidation sites excluding steroid dienone is 4. The van der Waals surface area contributed by atoms with E-state index in [0.717, 1.165) is 12.0 Å². The zero-order valence-electron chi connectivity index (χ0n) is 33.6. The van der Waals surface area contributed by atoms with E-state index in [0.29, 0.717) is 17.6 Å². The van der Waals surface area contributed by atoms with Gasteiger partial charge in [0, 0.05) is 5.92 Å². The fourth-order valence-corrected chi connectivity index (χ4v) is 7.95. The Morgan fingerprint density at radius 3 is 1.80 bits per heavy atom. The maximum atomic E-state index is 11.8. The van der Waals surface area contributed by atoms with Crippen LogP contribution in [-0.4, -0.2) is 11.8 Å². The number of carbonyl (C=O) groups is 1. The molecule has 6 rings (SSSR count). The van der Waals surface area contributed by atoms with Crippen molar-refractivity contribution in [3.63, 3.8) is 0 Å². The summed E-state index contributed by atoms with van der Waals surface area (Å²) in [6.07, 6.45) is 6.26. The summed E-state index contributed by atoms with van der Waals surface area (Å²) in [5.74, 6) is 1.35. The third-order valence-corrected chi connectivity index (χ3v) is 11.2. The zero-order valence-corrected chi connectivity index (χ0v) is 33.6. The average Bonchev–Trinajstić information content (AvgIpc) is 3.18. The Balaban J connectivity index is 0.000000199. The van der Waals surface area contributed by atoms with Crippen molar-refractivity contribution < 1.29 is 14.3 Å². The largest absolute Gasteiger partial charge is 0.514 e. The van der Waals surface area contributed by atoms with Gasteiger partial charge < -0.3 is 9.47 Å². The van der Waals surface area contributed by atoms with E-state index in [1.807, 2.05) is 32.9 Å². The second-order valence-electron chi connectivity index (χ2n) is 15.7. The SMILES string of the molecule is CCC(=CC(C)c1ccc(C)cc1)c1ccc(OC(=O)OC(C)(C)C)cc1.CCC1C=C(C)c2c(C)c(C)c(C)c3c2-c2c-3c(C)c(C)c(C)c21. The minimum absolute atomic E-state index is 0.332. The van der Waals surface area contributed by atoms with Gasteiger partial charge in [0.05, 0.1) is 0 Å². The average molecular weight is 683 g/mol. The van der Waals surface area contributed by atoms with Gasteiger partial charge in [0.2, 0.25) is 0 Å². The second kappa shape index (κ2) is 14.7. The summed E-state index contributed by atoms with van der Waals surface area (Å²) in [4.78, 5) is 11.8. The van der Waals surface area contributed by atoms with Crippen LogP contribution in [0.1, 0.15) is 134 Å². The molecule has 268 valence electrons. The third kappa shape index (κ3) is 7.36. The molecule has 0 bridgehead atoms. The molecule has 51 heavy (non-hydrogen) atoms. The Morgan fingerprint density at radius 1 is 0.706 bits per heavy atom. The van der Waals surface area contributed by atoms with Gasteiger partial charge in [-0.1, -0.05) is 74.9 Å². The first-order chi connectivity index (χ1) is 24.0. The van der Waals surface area contributed by atoms with Crippen molar-refractivity contribution in [3.8, 4) is 28.0 Å². The van der Waals surface area contributed by atoms with Gasteiger partial charge in [-0.15, -0.1) is 0 Å². The Bertz CT molecular complexity index is 2030. The van der Waals surface area contributed by atoms with Crippen molar-refractivity contribution in [1.82, 2.24) is 0 Å². The highest BCUT2D eigenvalue weighted by atomic mass is 16.7. The Hall–Kier alpha value is -4.37. The van der Waals surface area contributed by atoms with Crippen molar-refractivity contribution in [2.24, 2.45) is 0 Å². The normalized spacial score (nSPS) is 15.1. The molecule has 0 saturated heterocycles. The van der Waals surface area contributed by atoms with Crippen molar-refractivity contribution in [2.75, 3.05) is 0 Å². The summed E-state index contributed by atoms with van der Waals surface area (Å²) >= 11 is 0. The second-order valence-corrected chi connectivity index (χ2v) is 15.7. The Labute approximate surface area is 307 Å². The molecule has 3 heteroatoms. The first-order valence-corrected chi connectivity index (χ1v) is 18.7. The first-order valence-electron chi connectivity index (χ1n) is 18.7. The van der Waals surface area contributed by atoms with E-state index < -0.39 is 11.8 Å². The van der Waals surface area contributed by atoms with Crippen LogP contribution in [0.2, 0.25) is 0 Å². The Morgan fingerprint density at radius 2 is 1.25 bits per heavy atom. The number of fused-ring (bicyclic) bond motifs is 1. The predicted octanol–water partition coefficient (Wildman–Crippen LogP) is 14.0. The molecule has 0 saturated carbocycles. The van der Waals surface area contributed by atoms with Gasteiger partial charge >= 0.3 is 6.16 Å². The molecule has 0 fully saturated rings. The van der Waals surface area contributed by atoms with E-state index in [1.165, 1.54) is 73.2 Å². The van der Waals surface area contributed by atoms with Crippen LogP contribution >= 0.6 is 0 Å². The van der Waals surface area contributed by atoms with Crippen molar-refractivity contribution >= 4 is 17.3 Å². The molecule has 3 nitrogen and oxygen atoms in total. The van der Waals surface area contributed by atoms with Crippen LogP contribution in [0.3, 0.4) is 0 Å². The lowest BCUT2D eigenvalue weighted by Gasteiger charge is -2.36. The topological polar surface area (TPSA) is 35.5 Å². The monoisotopic (exact) mass is 682 g/mol. The lowest BCUT2D eigenvalue weighted by atomic mass is 9.66. The fourth-order valence-electron chi connectivity index (χ4n) is 7.95. The zero-order chi connectivity index (χ0) is 37.5. The molecule has 0 radical (unpaired) electrons. The van der Waals surface area contributed by atoms with Gasteiger partial charge in [-0.2, -0.15) is 0 Å². The van der Waals surface area contributed by atoms with Crippen LogP contribution in [0.15, 0.2) is 60.7 Å². The molecule has 0 N–H and O–H groups in total. The lowest BCUT2D eigenvalue weighted by Crippen LogP contribution is -2.25. The molecule has 2 aliphatic carbocycles. The number of carbonyl (C=O) groups excluding carboxylic acids is 1. The number of aryl methyl sites for hydroxylation is 1. The minimum atomic E-state index is -0.686. The van der Waals surface area contributed by atoms with Crippen LogP contribution in [-0.2, 0) is 4.74 Å². The van der Waals surface area contributed by atoms with E-state index in [9.17, 15) is 4.79 Å². The van der Waals surface area contributed by atoms with Gasteiger partial charge in [-0.05, 0) is 196 Å². The van der Waals surface area contributed by atoms with Crippen LogP contribution < -0.4 is 4.74 Å². The molecular weight excluding hydrogens is 625 g/mol. The fraction of sp³-hybridized carbons (Fsp3) is 0.396.